The van der Waals surface area contributed by atoms with Crippen molar-refractivity contribution < 1.29 is 28.5 Å². The Balaban J connectivity index is 1.84. The Morgan fingerprint density at radius 1 is 0.900 bits per heavy atom. The molecule has 0 spiro atoms. The number of benzene rings is 2. The van der Waals surface area contributed by atoms with E-state index in [0.29, 0.717) is 53.1 Å². The maximum Gasteiger partial charge on any atom is 0.268 e. The maximum atomic E-state index is 12.8. The van der Waals surface area contributed by atoms with Crippen LogP contribution in [0.2, 0.25) is 0 Å². The molecule has 0 fully saturated rings. The second kappa shape index (κ2) is 9.30. The molecule has 30 heavy (non-hydrogen) atoms. The lowest BCUT2D eigenvalue weighted by Crippen LogP contribution is -2.23. The third-order valence-corrected chi connectivity index (χ3v) is 4.67. The molecule has 2 aromatic carbocycles. The summed E-state index contributed by atoms with van der Waals surface area (Å²) in [6.45, 7) is 2.78. The predicted molar refractivity (Wildman–Crippen MR) is 113 cm³/mol. The number of carbonyl (C=O) groups is 1. The quantitative estimate of drug-likeness (QED) is 0.557. The fraction of sp³-hybridized carbons (Fsp3) is 0.318. The minimum Gasteiger partial charge on any atom is -0.496 e. The van der Waals surface area contributed by atoms with Gasteiger partial charge >= 0.3 is 0 Å². The highest BCUT2D eigenvalue weighted by molar-refractivity contribution is 6.02. The summed E-state index contributed by atoms with van der Waals surface area (Å²) in [6, 6.07) is 9.01. The van der Waals surface area contributed by atoms with Gasteiger partial charge in [0.05, 0.1) is 40.6 Å². The number of aromatic nitrogens is 1. The van der Waals surface area contributed by atoms with Gasteiger partial charge in [-0.2, -0.15) is 0 Å². The highest BCUT2D eigenvalue weighted by Gasteiger charge is 2.19. The van der Waals surface area contributed by atoms with E-state index in [0.717, 1.165) is 10.9 Å². The number of hydrogen-bond acceptors (Lipinski definition) is 6. The fourth-order valence-electron chi connectivity index (χ4n) is 3.23. The van der Waals surface area contributed by atoms with Crippen LogP contribution in [0, 0.1) is 0 Å². The van der Waals surface area contributed by atoms with Crippen molar-refractivity contribution in [2.45, 2.75) is 13.5 Å². The average molecular weight is 414 g/mol. The van der Waals surface area contributed by atoms with E-state index in [9.17, 15) is 4.79 Å². The van der Waals surface area contributed by atoms with E-state index >= 15 is 0 Å². The molecule has 0 unspecified atom stereocenters. The van der Waals surface area contributed by atoms with Gasteiger partial charge in [-0.25, -0.2) is 0 Å². The normalized spacial score (nSPS) is 10.6. The molecular weight excluding hydrogens is 388 g/mol. The number of hydrogen-bond donors (Lipinski definition) is 2. The molecule has 0 radical (unpaired) electrons. The Bertz CT molecular complexity index is 1040. The zero-order chi connectivity index (χ0) is 21.7. The van der Waals surface area contributed by atoms with E-state index in [1.165, 1.54) is 0 Å². The molecule has 8 heteroatoms. The first-order valence-electron chi connectivity index (χ1n) is 9.45. The van der Waals surface area contributed by atoms with Gasteiger partial charge in [0.15, 0.2) is 23.0 Å². The van der Waals surface area contributed by atoms with Crippen LogP contribution in [0.4, 0.5) is 0 Å². The Kier molecular flexibility index (Phi) is 6.56. The third kappa shape index (κ3) is 4.07. The number of fused-ring (bicyclic) bond motifs is 1. The zero-order valence-corrected chi connectivity index (χ0v) is 17.8. The molecule has 0 atom stereocenters. The first kappa shape index (κ1) is 21.2. The van der Waals surface area contributed by atoms with Gasteiger partial charge in [-0.1, -0.05) is 6.07 Å². The van der Waals surface area contributed by atoms with Crippen LogP contribution in [0.1, 0.15) is 23.0 Å². The van der Waals surface area contributed by atoms with Crippen molar-refractivity contribution in [3.8, 4) is 28.7 Å². The number of amides is 1. The van der Waals surface area contributed by atoms with Crippen LogP contribution >= 0.6 is 0 Å². The van der Waals surface area contributed by atoms with Crippen molar-refractivity contribution in [3.63, 3.8) is 0 Å². The van der Waals surface area contributed by atoms with Gasteiger partial charge in [0.1, 0.15) is 11.4 Å². The van der Waals surface area contributed by atoms with Crippen LogP contribution in [0.5, 0.6) is 28.7 Å². The lowest BCUT2D eigenvalue weighted by Gasteiger charge is -2.11. The Morgan fingerprint density at radius 3 is 2.27 bits per heavy atom. The summed E-state index contributed by atoms with van der Waals surface area (Å²) < 4.78 is 27.1. The molecule has 2 N–H and O–H groups in total. The molecule has 160 valence electrons. The summed E-state index contributed by atoms with van der Waals surface area (Å²) in [7, 11) is 6.24. The largest absolute Gasteiger partial charge is 0.496 e. The van der Waals surface area contributed by atoms with Crippen molar-refractivity contribution in [1.82, 2.24) is 10.3 Å². The lowest BCUT2D eigenvalue weighted by molar-refractivity contribution is 0.0946. The van der Waals surface area contributed by atoms with Gasteiger partial charge in [0.2, 0.25) is 0 Å². The minimum atomic E-state index is -0.262. The third-order valence-electron chi connectivity index (χ3n) is 4.67. The Morgan fingerprint density at radius 2 is 1.63 bits per heavy atom. The van der Waals surface area contributed by atoms with Gasteiger partial charge in [-0.3, -0.25) is 4.79 Å². The van der Waals surface area contributed by atoms with E-state index < -0.39 is 0 Å². The van der Waals surface area contributed by atoms with Crippen LogP contribution in [0.15, 0.2) is 30.3 Å². The van der Waals surface area contributed by atoms with Crippen LogP contribution in [-0.2, 0) is 6.54 Å². The number of ether oxygens (including phenoxy) is 5. The van der Waals surface area contributed by atoms with Gasteiger partial charge in [0, 0.05) is 18.0 Å². The summed E-state index contributed by atoms with van der Waals surface area (Å²) in [5.74, 6) is 2.62. The first-order chi connectivity index (χ1) is 14.6. The van der Waals surface area contributed by atoms with Crippen molar-refractivity contribution in [2.24, 2.45) is 0 Å². The number of aromatic amines is 1. The molecule has 0 saturated heterocycles. The van der Waals surface area contributed by atoms with Crippen LogP contribution in [0.25, 0.3) is 10.9 Å². The lowest BCUT2D eigenvalue weighted by atomic mass is 10.2. The second-order valence-corrected chi connectivity index (χ2v) is 6.39. The first-order valence-corrected chi connectivity index (χ1v) is 9.45. The van der Waals surface area contributed by atoms with Gasteiger partial charge in [-0.15, -0.1) is 0 Å². The van der Waals surface area contributed by atoms with Crippen LogP contribution in [0.3, 0.4) is 0 Å². The van der Waals surface area contributed by atoms with Crippen LogP contribution in [-0.4, -0.2) is 45.9 Å². The van der Waals surface area contributed by atoms with Crippen molar-refractivity contribution in [2.75, 3.05) is 35.0 Å². The summed E-state index contributed by atoms with van der Waals surface area (Å²) in [5.41, 5.74) is 1.89. The van der Waals surface area contributed by atoms with E-state index in [1.807, 2.05) is 25.1 Å². The summed E-state index contributed by atoms with van der Waals surface area (Å²) in [4.78, 5) is 15.9. The van der Waals surface area contributed by atoms with Crippen LogP contribution < -0.4 is 29.0 Å². The summed E-state index contributed by atoms with van der Waals surface area (Å²) in [5, 5.41) is 3.63. The summed E-state index contributed by atoms with van der Waals surface area (Å²) >= 11 is 0. The van der Waals surface area contributed by atoms with E-state index in [2.05, 4.69) is 10.3 Å². The van der Waals surface area contributed by atoms with E-state index in [1.54, 1.807) is 40.6 Å². The second-order valence-electron chi connectivity index (χ2n) is 6.39. The number of H-pyrrole nitrogens is 1. The molecule has 0 aliphatic carbocycles. The molecular formula is C22H26N2O6. The van der Waals surface area contributed by atoms with E-state index in [4.69, 9.17) is 23.7 Å². The molecule has 1 heterocycles. The van der Waals surface area contributed by atoms with Gasteiger partial charge in [-0.05, 0) is 30.7 Å². The molecule has 0 saturated carbocycles. The van der Waals surface area contributed by atoms with Crippen molar-refractivity contribution in [3.05, 3.63) is 41.6 Å². The molecule has 0 aliphatic heterocycles. The molecule has 1 amide bonds. The standard InChI is InChI=1S/C22H26N2O6/c1-6-30-16-8-7-13(9-18(16)27-3)12-23-22(25)15-10-14-17(26-2)11-19(28-4)21(29-5)20(14)24-15/h7-11,24H,6,12H2,1-5H3,(H,23,25). The summed E-state index contributed by atoms with van der Waals surface area (Å²) in [6.07, 6.45) is 0. The molecule has 1 aromatic heterocycles. The smallest absolute Gasteiger partial charge is 0.268 e. The molecule has 0 bridgehead atoms. The fourth-order valence-corrected chi connectivity index (χ4v) is 3.23. The SMILES string of the molecule is CCOc1ccc(CNC(=O)c2cc3c(OC)cc(OC)c(OC)c3[nH]2)cc1OC. The Hall–Kier alpha value is -3.55. The molecule has 3 aromatic rings. The van der Waals surface area contributed by atoms with Crippen molar-refractivity contribution in [1.29, 1.82) is 0 Å². The Labute approximate surface area is 175 Å². The number of carbonyl (C=O) groups excluding carboxylic acids is 1. The predicted octanol–water partition coefficient (Wildman–Crippen LogP) is 3.53. The minimum absolute atomic E-state index is 0.262. The maximum absolute atomic E-state index is 12.8. The van der Waals surface area contributed by atoms with E-state index in [-0.39, 0.29) is 5.91 Å². The number of methoxy groups -OCH3 is 4. The topological polar surface area (TPSA) is 91.0 Å². The van der Waals surface area contributed by atoms with Crippen molar-refractivity contribution >= 4 is 16.8 Å². The van der Waals surface area contributed by atoms with Gasteiger partial charge in [0.25, 0.3) is 5.91 Å². The zero-order valence-electron chi connectivity index (χ0n) is 17.8. The highest BCUT2D eigenvalue weighted by atomic mass is 16.5. The average Bonchev–Trinajstić information content (AvgIpc) is 3.22. The number of rotatable bonds is 9. The number of nitrogens with one attached hydrogen (secondary N) is 2. The molecule has 0 aliphatic rings. The molecule has 3 rings (SSSR count). The van der Waals surface area contributed by atoms with Gasteiger partial charge < -0.3 is 34.0 Å². The monoisotopic (exact) mass is 414 g/mol. The highest BCUT2D eigenvalue weighted by Crippen LogP contribution is 2.41. The molecule has 8 nitrogen and oxygen atoms in total.